The Morgan fingerprint density at radius 1 is 1.25 bits per heavy atom. The summed E-state index contributed by atoms with van der Waals surface area (Å²) in [5, 5.41) is 2.82. The number of hydrogen-bond acceptors (Lipinski definition) is 4. The molecule has 1 N–H and O–H groups in total. The lowest BCUT2D eigenvalue weighted by molar-refractivity contribution is -0.122. The Kier molecular flexibility index (Phi) is 4.77. The standard InChI is InChI=1S/C14H19NO4S/c1-2-20(17,18)13-5-3-12(4-6-13)15-14(16)11-7-9-19-10-8-11/h3-6,11H,2,7-10H2,1H3,(H,15,16). The van der Waals surface area contributed by atoms with Gasteiger partial charge in [-0.1, -0.05) is 6.92 Å². The molecule has 1 fully saturated rings. The van der Waals surface area contributed by atoms with Gasteiger partial charge < -0.3 is 10.1 Å². The van der Waals surface area contributed by atoms with Crippen LogP contribution in [-0.4, -0.2) is 33.3 Å². The zero-order valence-electron chi connectivity index (χ0n) is 11.5. The van der Waals surface area contributed by atoms with Crippen molar-refractivity contribution in [1.82, 2.24) is 0 Å². The average molecular weight is 297 g/mol. The van der Waals surface area contributed by atoms with Crippen LogP contribution in [0.15, 0.2) is 29.2 Å². The first-order valence-electron chi connectivity index (χ1n) is 6.74. The Hall–Kier alpha value is -1.40. The zero-order valence-corrected chi connectivity index (χ0v) is 12.3. The summed E-state index contributed by atoms with van der Waals surface area (Å²) in [6.07, 6.45) is 1.46. The molecule has 0 spiro atoms. The predicted molar refractivity (Wildman–Crippen MR) is 76.3 cm³/mol. The SMILES string of the molecule is CCS(=O)(=O)c1ccc(NC(=O)C2CCOCC2)cc1. The number of ether oxygens (including phenoxy) is 1. The molecular weight excluding hydrogens is 278 g/mol. The molecule has 5 nitrogen and oxygen atoms in total. The monoisotopic (exact) mass is 297 g/mol. The fourth-order valence-electron chi connectivity index (χ4n) is 2.12. The zero-order chi connectivity index (χ0) is 14.6. The summed E-state index contributed by atoms with van der Waals surface area (Å²) in [5.41, 5.74) is 0.622. The minimum Gasteiger partial charge on any atom is -0.381 e. The van der Waals surface area contributed by atoms with Gasteiger partial charge in [-0.25, -0.2) is 8.42 Å². The summed E-state index contributed by atoms with van der Waals surface area (Å²) in [6, 6.07) is 6.30. The van der Waals surface area contributed by atoms with E-state index < -0.39 is 9.84 Å². The van der Waals surface area contributed by atoms with E-state index in [0.29, 0.717) is 18.9 Å². The Labute approximate surface area is 119 Å². The van der Waals surface area contributed by atoms with Crippen molar-refractivity contribution in [3.63, 3.8) is 0 Å². The highest BCUT2D eigenvalue weighted by atomic mass is 32.2. The van der Waals surface area contributed by atoms with Crippen LogP contribution in [0.4, 0.5) is 5.69 Å². The highest BCUT2D eigenvalue weighted by Gasteiger charge is 2.21. The van der Waals surface area contributed by atoms with Gasteiger partial charge in [0.25, 0.3) is 0 Å². The van der Waals surface area contributed by atoms with Crippen molar-refractivity contribution in [3.05, 3.63) is 24.3 Å². The third-order valence-electron chi connectivity index (χ3n) is 3.45. The second-order valence-corrected chi connectivity index (χ2v) is 7.08. The smallest absolute Gasteiger partial charge is 0.227 e. The van der Waals surface area contributed by atoms with E-state index in [0.717, 1.165) is 12.8 Å². The van der Waals surface area contributed by atoms with Gasteiger partial charge in [-0.3, -0.25) is 4.79 Å². The summed E-state index contributed by atoms with van der Waals surface area (Å²) in [4.78, 5) is 12.3. The number of carbonyl (C=O) groups is 1. The van der Waals surface area contributed by atoms with Gasteiger partial charge in [0, 0.05) is 24.8 Å². The second-order valence-electron chi connectivity index (χ2n) is 4.80. The van der Waals surface area contributed by atoms with E-state index in [4.69, 9.17) is 4.74 Å². The molecule has 0 aromatic heterocycles. The average Bonchev–Trinajstić information content (AvgIpc) is 2.48. The van der Waals surface area contributed by atoms with Crippen molar-refractivity contribution < 1.29 is 17.9 Å². The summed E-state index contributed by atoms with van der Waals surface area (Å²) in [7, 11) is -3.19. The fraction of sp³-hybridized carbons (Fsp3) is 0.500. The number of anilines is 1. The molecule has 0 unspecified atom stereocenters. The number of carbonyl (C=O) groups excluding carboxylic acids is 1. The lowest BCUT2D eigenvalue weighted by Gasteiger charge is -2.21. The number of amides is 1. The molecule has 6 heteroatoms. The molecule has 1 aliphatic heterocycles. The van der Waals surface area contributed by atoms with Crippen LogP contribution in [0.5, 0.6) is 0 Å². The summed E-state index contributed by atoms with van der Waals surface area (Å²) in [6.45, 7) is 2.84. The van der Waals surface area contributed by atoms with Gasteiger partial charge in [0.15, 0.2) is 9.84 Å². The number of nitrogens with one attached hydrogen (secondary N) is 1. The third-order valence-corrected chi connectivity index (χ3v) is 5.20. The largest absolute Gasteiger partial charge is 0.381 e. The van der Waals surface area contributed by atoms with E-state index in [9.17, 15) is 13.2 Å². The molecule has 1 heterocycles. The lowest BCUT2D eigenvalue weighted by Crippen LogP contribution is -2.28. The molecule has 0 bridgehead atoms. The van der Waals surface area contributed by atoms with Crippen LogP contribution >= 0.6 is 0 Å². The summed E-state index contributed by atoms with van der Waals surface area (Å²) >= 11 is 0. The van der Waals surface area contributed by atoms with Gasteiger partial charge in [-0.2, -0.15) is 0 Å². The van der Waals surface area contributed by atoms with E-state index >= 15 is 0 Å². The van der Waals surface area contributed by atoms with Crippen molar-refractivity contribution in [2.45, 2.75) is 24.7 Å². The quantitative estimate of drug-likeness (QED) is 0.920. The number of rotatable bonds is 4. The van der Waals surface area contributed by atoms with Crippen LogP contribution in [0.2, 0.25) is 0 Å². The van der Waals surface area contributed by atoms with Crippen LogP contribution in [0.3, 0.4) is 0 Å². The highest BCUT2D eigenvalue weighted by Crippen LogP contribution is 2.19. The number of hydrogen-bond donors (Lipinski definition) is 1. The van der Waals surface area contributed by atoms with Gasteiger partial charge in [0.1, 0.15) is 0 Å². The Bertz CT molecular complexity index is 559. The summed E-state index contributed by atoms with van der Waals surface area (Å²) in [5.74, 6) is 0.0167. The predicted octanol–water partition coefficient (Wildman–Crippen LogP) is 1.85. The topological polar surface area (TPSA) is 72.5 Å². The van der Waals surface area contributed by atoms with Crippen LogP contribution < -0.4 is 5.32 Å². The first-order valence-corrected chi connectivity index (χ1v) is 8.39. The molecule has 1 aromatic rings. The molecule has 2 rings (SSSR count). The van der Waals surface area contributed by atoms with E-state index in [1.54, 1.807) is 19.1 Å². The summed E-state index contributed by atoms with van der Waals surface area (Å²) < 4.78 is 28.6. The van der Waals surface area contributed by atoms with Crippen LogP contribution in [0.25, 0.3) is 0 Å². The highest BCUT2D eigenvalue weighted by molar-refractivity contribution is 7.91. The van der Waals surface area contributed by atoms with Gasteiger partial charge in [-0.05, 0) is 37.1 Å². The van der Waals surface area contributed by atoms with Crippen LogP contribution in [0.1, 0.15) is 19.8 Å². The van der Waals surface area contributed by atoms with Crippen molar-refractivity contribution in [2.24, 2.45) is 5.92 Å². The molecule has 1 saturated heterocycles. The van der Waals surface area contributed by atoms with E-state index in [1.807, 2.05) is 0 Å². The van der Waals surface area contributed by atoms with Crippen molar-refractivity contribution in [1.29, 1.82) is 0 Å². The third kappa shape index (κ3) is 3.58. The molecule has 0 atom stereocenters. The van der Waals surface area contributed by atoms with Crippen molar-refractivity contribution in [2.75, 3.05) is 24.3 Å². The molecular formula is C14H19NO4S. The molecule has 1 amide bonds. The molecule has 0 radical (unpaired) electrons. The number of benzene rings is 1. The minimum atomic E-state index is -3.19. The Morgan fingerprint density at radius 3 is 2.40 bits per heavy atom. The van der Waals surface area contributed by atoms with E-state index in [-0.39, 0.29) is 22.5 Å². The van der Waals surface area contributed by atoms with Gasteiger partial charge in [0.2, 0.25) is 5.91 Å². The molecule has 1 aromatic carbocycles. The normalized spacial score (nSPS) is 16.9. The number of sulfone groups is 1. The van der Waals surface area contributed by atoms with Crippen molar-refractivity contribution in [3.8, 4) is 0 Å². The molecule has 0 aliphatic carbocycles. The molecule has 0 saturated carbocycles. The second kappa shape index (κ2) is 6.37. The maximum atomic E-state index is 12.0. The van der Waals surface area contributed by atoms with Crippen molar-refractivity contribution >= 4 is 21.4 Å². The lowest BCUT2D eigenvalue weighted by atomic mass is 9.99. The Morgan fingerprint density at radius 2 is 1.85 bits per heavy atom. The van der Waals surface area contributed by atoms with Crippen LogP contribution in [0, 0.1) is 5.92 Å². The molecule has 110 valence electrons. The fourth-order valence-corrected chi connectivity index (χ4v) is 3.00. The van der Waals surface area contributed by atoms with Gasteiger partial charge in [-0.15, -0.1) is 0 Å². The van der Waals surface area contributed by atoms with Crippen LogP contribution in [-0.2, 0) is 19.4 Å². The van der Waals surface area contributed by atoms with Gasteiger partial charge >= 0.3 is 0 Å². The molecule has 20 heavy (non-hydrogen) atoms. The van der Waals surface area contributed by atoms with Gasteiger partial charge in [0.05, 0.1) is 10.6 Å². The minimum absolute atomic E-state index is 0.0252. The first kappa shape index (κ1) is 15.0. The van der Waals surface area contributed by atoms with E-state index in [2.05, 4.69) is 5.32 Å². The first-order chi connectivity index (χ1) is 9.53. The maximum Gasteiger partial charge on any atom is 0.227 e. The maximum absolute atomic E-state index is 12.0. The molecule has 1 aliphatic rings. The Balaban J connectivity index is 2.02. The van der Waals surface area contributed by atoms with E-state index in [1.165, 1.54) is 12.1 Å².